The number of aldehydes is 1. The molecule has 0 N–H and O–H groups in total. The Bertz CT molecular complexity index is 885. The Morgan fingerprint density at radius 2 is 1.59 bits per heavy atom. The Hall–Kier alpha value is -2.15. The van der Waals surface area contributed by atoms with Crippen molar-refractivity contribution in [2.45, 2.75) is 65.2 Å². The van der Waals surface area contributed by atoms with E-state index in [4.69, 9.17) is 0 Å². The Morgan fingerprint density at radius 1 is 0.963 bits per heavy atom. The maximum Gasteiger partial charge on any atom is 0.150 e. The molecule has 1 saturated carbocycles. The fourth-order valence-electron chi connectivity index (χ4n) is 3.92. The molecule has 1 atom stereocenters. The summed E-state index contributed by atoms with van der Waals surface area (Å²) in [6.45, 7) is 14.0. The SMILES string of the molecule is CCC(C)(C)c1cc(C=Cc2cccc(C=O)c2)cc(C2(C)CC2(C)C)c1. The van der Waals surface area contributed by atoms with E-state index in [-0.39, 0.29) is 10.8 Å². The number of hydrogen-bond acceptors (Lipinski definition) is 1. The average molecular weight is 361 g/mol. The van der Waals surface area contributed by atoms with Crippen LogP contribution < -0.4 is 0 Å². The van der Waals surface area contributed by atoms with Gasteiger partial charge in [0, 0.05) is 5.56 Å². The Kier molecular flexibility index (Phi) is 4.93. The van der Waals surface area contributed by atoms with Gasteiger partial charge in [-0.1, -0.05) is 90.1 Å². The summed E-state index contributed by atoms with van der Waals surface area (Å²) in [5, 5.41) is 0. The molecule has 3 rings (SSSR count). The molecule has 1 fully saturated rings. The second-order valence-electron chi connectivity index (χ2n) is 9.60. The van der Waals surface area contributed by atoms with Crippen molar-refractivity contribution in [1.82, 2.24) is 0 Å². The molecule has 0 radical (unpaired) electrons. The van der Waals surface area contributed by atoms with Gasteiger partial charge in [-0.25, -0.2) is 0 Å². The maximum atomic E-state index is 11.0. The first kappa shape index (κ1) is 19.6. The molecule has 1 aliphatic rings. The average Bonchev–Trinajstić information content (AvgIpc) is 3.19. The molecule has 0 aliphatic heterocycles. The topological polar surface area (TPSA) is 17.1 Å². The van der Waals surface area contributed by atoms with Crippen molar-refractivity contribution in [2.75, 3.05) is 0 Å². The van der Waals surface area contributed by atoms with Gasteiger partial charge >= 0.3 is 0 Å². The van der Waals surface area contributed by atoms with Crippen LogP contribution in [-0.4, -0.2) is 6.29 Å². The third-order valence-corrected chi connectivity index (χ3v) is 6.94. The fraction of sp³-hybridized carbons (Fsp3) is 0.423. The van der Waals surface area contributed by atoms with Gasteiger partial charge in [-0.2, -0.15) is 0 Å². The molecule has 0 spiro atoms. The summed E-state index contributed by atoms with van der Waals surface area (Å²) in [7, 11) is 0. The molecule has 0 bridgehead atoms. The monoisotopic (exact) mass is 360 g/mol. The highest BCUT2D eigenvalue weighted by Crippen LogP contribution is 2.64. The lowest BCUT2D eigenvalue weighted by molar-refractivity contribution is 0.112. The van der Waals surface area contributed by atoms with E-state index in [1.807, 2.05) is 24.3 Å². The summed E-state index contributed by atoms with van der Waals surface area (Å²) in [5.74, 6) is 0. The van der Waals surface area contributed by atoms with Crippen LogP contribution in [0.1, 0.15) is 87.0 Å². The lowest BCUT2D eigenvalue weighted by Crippen LogP contribution is -2.18. The lowest BCUT2D eigenvalue weighted by Gasteiger charge is -2.26. The third kappa shape index (κ3) is 3.78. The summed E-state index contributed by atoms with van der Waals surface area (Å²) in [4.78, 5) is 11.0. The van der Waals surface area contributed by atoms with Crippen molar-refractivity contribution >= 4 is 18.4 Å². The number of rotatable bonds is 6. The maximum absolute atomic E-state index is 11.0. The molecule has 2 aromatic rings. The molecule has 1 aliphatic carbocycles. The van der Waals surface area contributed by atoms with Crippen LogP contribution in [0.5, 0.6) is 0 Å². The molecule has 0 saturated heterocycles. The zero-order valence-electron chi connectivity index (χ0n) is 17.6. The van der Waals surface area contributed by atoms with E-state index in [1.54, 1.807) is 0 Å². The first-order valence-electron chi connectivity index (χ1n) is 10.0. The van der Waals surface area contributed by atoms with Gasteiger partial charge in [-0.3, -0.25) is 4.79 Å². The predicted molar refractivity (Wildman–Crippen MR) is 116 cm³/mol. The molecule has 2 aromatic carbocycles. The van der Waals surface area contributed by atoms with E-state index in [0.717, 1.165) is 18.3 Å². The number of hydrogen-bond donors (Lipinski definition) is 0. The van der Waals surface area contributed by atoms with Crippen LogP contribution in [0.25, 0.3) is 12.2 Å². The van der Waals surface area contributed by atoms with Crippen LogP contribution in [0.3, 0.4) is 0 Å². The Balaban J connectivity index is 2.02. The summed E-state index contributed by atoms with van der Waals surface area (Å²) in [5.41, 5.74) is 6.65. The second-order valence-corrected chi connectivity index (χ2v) is 9.60. The minimum atomic E-state index is 0.158. The highest BCUT2D eigenvalue weighted by Gasteiger charge is 2.58. The van der Waals surface area contributed by atoms with Gasteiger partial charge < -0.3 is 0 Å². The lowest BCUT2D eigenvalue weighted by atomic mass is 9.78. The Labute approximate surface area is 164 Å². The zero-order valence-corrected chi connectivity index (χ0v) is 17.6. The predicted octanol–water partition coefficient (Wildman–Crippen LogP) is 7.04. The van der Waals surface area contributed by atoms with Crippen LogP contribution in [-0.2, 0) is 10.8 Å². The van der Waals surface area contributed by atoms with Crippen molar-refractivity contribution in [1.29, 1.82) is 0 Å². The molecular formula is C26H32O. The number of carbonyl (C=O) groups is 1. The van der Waals surface area contributed by atoms with Crippen LogP contribution >= 0.6 is 0 Å². The second kappa shape index (κ2) is 6.78. The van der Waals surface area contributed by atoms with E-state index in [9.17, 15) is 4.79 Å². The molecule has 1 nitrogen and oxygen atoms in total. The molecular weight excluding hydrogens is 328 g/mol. The minimum Gasteiger partial charge on any atom is -0.298 e. The van der Waals surface area contributed by atoms with Gasteiger partial charge in [0.1, 0.15) is 6.29 Å². The molecule has 1 unspecified atom stereocenters. The van der Waals surface area contributed by atoms with Gasteiger partial charge in [0.25, 0.3) is 0 Å². The van der Waals surface area contributed by atoms with Crippen molar-refractivity contribution < 1.29 is 4.79 Å². The number of carbonyl (C=O) groups excluding carboxylic acids is 1. The highest BCUT2D eigenvalue weighted by molar-refractivity contribution is 5.78. The highest BCUT2D eigenvalue weighted by atomic mass is 16.1. The van der Waals surface area contributed by atoms with E-state index in [0.29, 0.717) is 11.0 Å². The van der Waals surface area contributed by atoms with E-state index < -0.39 is 0 Å². The van der Waals surface area contributed by atoms with E-state index in [2.05, 4.69) is 71.9 Å². The van der Waals surface area contributed by atoms with Crippen molar-refractivity contribution in [3.05, 3.63) is 70.3 Å². The van der Waals surface area contributed by atoms with Gasteiger partial charge in [-0.15, -0.1) is 0 Å². The normalized spacial score (nSPS) is 21.4. The van der Waals surface area contributed by atoms with Gasteiger partial charge in [-0.05, 0) is 57.4 Å². The summed E-state index contributed by atoms with van der Waals surface area (Å²) in [6.07, 6.45) is 7.54. The van der Waals surface area contributed by atoms with E-state index >= 15 is 0 Å². The fourth-order valence-corrected chi connectivity index (χ4v) is 3.92. The van der Waals surface area contributed by atoms with Crippen molar-refractivity contribution in [3.8, 4) is 0 Å². The zero-order chi connectivity index (χ0) is 19.9. The van der Waals surface area contributed by atoms with Gasteiger partial charge in [0.2, 0.25) is 0 Å². The largest absolute Gasteiger partial charge is 0.298 e. The van der Waals surface area contributed by atoms with Gasteiger partial charge in [0.05, 0.1) is 0 Å². The third-order valence-electron chi connectivity index (χ3n) is 6.94. The van der Waals surface area contributed by atoms with Crippen LogP contribution in [0.15, 0.2) is 42.5 Å². The van der Waals surface area contributed by atoms with Crippen molar-refractivity contribution in [3.63, 3.8) is 0 Å². The summed E-state index contributed by atoms with van der Waals surface area (Å²) >= 11 is 0. The number of benzene rings is 2. The molecule has 0 aromatic heterocycles. The van der Waals surface area contributed by atoms with Gasteiger partial charge in [0.15, 0.2) is 0 Å². The molecule has 142 valence electrons. The first-order chi connectivity index (χ1) is 12.6. The smallest absolute Gasteiger partial charge is 0.150 e. The van der Waals surface area contributed by atoms with E-state index in [1.165, 1.54) is 23.1 Å². The van der Waals surface area contributed by atoms with Crippen molar-refractivity contribution in [2.24, 2.45) is 5.41 Å². The molecule has 27 heavy (non-hydrogen) atoms. The molecule has 0 amide bonds. The van der Waals surface area contributed by atoms with Crippen LogP contribution in [0, 0.1) is 5.41 Å². The minimum absolute atomic E-state index is 0.158. The quantitative estimate of drug-likeness (QED) is 0.398. The van der Waals surface area contributed by atoms with Crippen LogP contribution in [0.2, 0.25) is 0 Å². The first-order valence-corrected chi connectivity index (χ1v) is 10.0. The standard InChI is InChI=1S/C26H32O/c1-7-24(2,3)22-14-20(12-11-19-9-8-10-21(13-19)17-27)15-23(16-22)26(6)18-25(26,4)5/h8-17H,7,18H2,1-6H3. The molecule has 0 heterocycles. The molecule has 1 heteroatoms. The summed E-state index contributed by atoms with van der Waals surface area (Å²) in [6, 6.07) is 14.8. The Morgan fingerprint density at radius 3 is 2.19 bits per heavy atom. The summed E-state index contributed by atoms with van der Waals surface area (Å²) < 4.78 is 0. The van der Waals surface area contributed by atoms with Crippen LogP contribution in [0.4, 0.5) is 0 Å².